The van der Waals surface area contributed by atoms with Gasteiger partial charge in [0.1, 0.15) is 12.2 Å². The van der Waals surface area contributed by atoms with Gasteiger partial charge in [0.25, 0.3) is 0 Å². The zero-order valence-corrected chi connectivity index (χ0v) is 11.7. The molecule has 104 valence electrons. The average Bonchev–Trinajstić information content (AvgIpc) is 2.34. The predicted octanol–water partition coefficient (Wildman–Crippen LogP) is 0.678. The van der Waals surface area contributed by atoms with Crippen molar-refractivity contribution in [2.75, 3.05) is 6.54 Å². The van der Waals surface area contributed by atoms with Crippen LogP contribution in [0.4, 0.5) is 0 Å². The molecule has 0 aromatic heterocycles. The minimum atomic E-state index is -1.29. The molecule has 1 rings (SSSR count). The number of amides is 1. The molecule has 1 aromatic rings. The normalized spacial score (nSPS) is 13.7. The van der Waals surface area contributed by atoms with E-state index < -0.39 is 18.2 Å². The van der Waals surface area contributed by atoms with Crippen molar-refractivity contribution >= 4 is 27.8 Å². The van der Waals surface area contributed by atoms with E-state index in [0.29, 0.717) is 4.47 Å². The Morgan fingerprint density at radius 2 is 1.95 bits per heavy atom. The topological polar surface area (TPSA) is 107 Å². The third-order valence-electron chi connectivity index (χ3n) is 2.43. The summed E-state index contributed by atoms with van der Waals surface area (Å²) in [5.41, 5.74) is 0.250. The molecule has 2 atom stereocenters. The maximum Gasteiger partial charge on any atom is 0.335 e. The van der Waals surface area contributed by atoms with Gasteiger partial charge in [-0.2, -0.15) is 0 Å². The van der Waals surface area contributed by atoms with Gasteiger partial charge in [-0.3, -0.25) is 4.79 Å². The Morgan fingerprint density at radius 1 is 1.32 bits per heavy atom. The fraction of sp³-hybridized carbons (Fsp3) is 0.333. The number of carboxylic acid groups (broad SMARTS) is 1. The number of carboxylic acids is 1. The smallest absolute Gasteiger partial charge is 0.335 e. The van der Waals surface area contributed by atoms with Gasteiger partial charge in [0.05, 0.1) is 5.56 Å². The van der Waals surface area contributed by atoms with Crippen molar-refractivity contribution in [3.05, 3.63) is 33.8 Å². The largest absolute Gasteiger partial charge is 0.478 e. The number of halogens is 1. The van der Waals surface area contributed by atoms with Gasteiger partial charge < -0.3 is 20.6 Å². The fourth-order valence-corrected chi connectivity index (χ4v) is 2.00. The maximum absolute atomic E-state index is 10.9. The molecule has 0 aliphatic carbocycles. The number of nitrogens with one attached hydrogen (secondary N) is 1. The van der Waals surface area contributed by atoms with Gasteiger partial charge in [0.2, 0.25) is 5.91 Å². The van der Waals surface area contributed by atoms with Crippen LogP contribution in [0.3, 0.4) is 0 Å². The van der Waals surface area contributed by atoms with E-state index in [2.05, 4.69) is 21.2 Å². The zero-order chi connectivity index (χ0) is 14.6. The molecule has 0 fully saturated rings. The molecule has 19 heavy (non-hydrogen) atoms. The molecule has 1 aromatic carbocycles. The zero-order valence-electron chi connectivity index (χ0n) is 10.1. The van der Waals surface area contributed by atoms with Gasteiger partial charge in [-0.15, -0.1) is 0 Å². The summed E-state index contributed by atoms with van der Waals surface area (Å²) in [7, 11) is 0. The first-order valence-electron chi connectivity index (χ1n) is 5.45. The lowest BCUT2D eigenvalue weighted by Gasteiger charge is -2.19. The summed E-state index contributed by atoms with van der Waals surface area (Å²) in [6.45, 7) is 1.17. The van der Waals surface area contributed by atoms with Crippen LogP contribution in [-0.2, 0) is 4.79 Å². The van der Waals surface area contributed by atoms with Crippen LogP contribution in [0.15, 0.2) is 22.7 Å². The van der Waals surface area contributed by atoms with E-state index >= 15 is 0 Å². The lowest BCUT2D eigenvalue weighted by Crippen LogP contribution is -2.34. The van der Waals surface area contributed by atoms with Crippen molar-refractivity contribution in [1.82, 2.24) is 5.32 Å². The van der Waals surface area contributed by atoms with Crippen LogP contribution in [0.1, 0.15) is 28.9 Å². The van der Waals surface area contributed by atoms with E-state index in [-0.39, 0.29) is 23.6 Å². The average molecular weight is 332 g/mol. The molecule has 0 aliphatic rings. The summed E-state index contributed by atoms with van der Waals surface area (Å²) in [6, 6.07) is 4.17. The number of aliphatic hydroxyl groups is 2. The summed E-state index contributed by atoms with van der Waals surface area (Å²) in [5, 5.41) is 30.9. The molecule has 2 unspecified atom stereocenters. The van der Waals surface area contributed by atoms with Gasteiger partial charge in [-0.25, -0.2) is 4.79 Å². The Hall–Kier alpha value is -1.44. The molecule has 0 aliphatic heterocycles. The van der Waals surface area contributed by atoms with E-state index in [1.165, 1.54) is 25.1 Å². The number of benzene rings is 1. The van der Waals surface area contributed by atoms with Crippen LogP contribution in [0.25, 0.3) is 0 Å². The second-order valence-electron chi connectivity index (χ2n) is 4.03. The Labute approximate surface area is 118 Å². The Kier molecular flexibility index (Phi) is 5.46. The first-order chi connectivity index (χ1) is 8.81. The minimum Gasteiger partial charge on any atom is -0.478 e. The molecular formula is C12H14BrNO5. The molecular weight excluding hydrogens is 318 g/mol. The van der Waals surface area contributed by atoms with Crippen molar-refractivity contribution in [3.8, 4) is 0 Å². The maximum atomic E-state index is 10.9. The molecule has 0 spiro atoms. The number of aromatic carboxylic acids is 1. The second kappa shape index (κ2) is 6.65. The molecule has 0 saturated heterocycles. The van der Waals surface area contributed by atoms with Crippen LogP contribution < -0.4 is 5.32 Å². The molecule has 4 N–H and O–H groups in total. The number of carbonyl (C=O) groups excluding carboxylic acids is 1. The predicted molar refractivity (Wildman–Crippen MR) is 70.8 cm³/mol. The number of hydrogen-bond donors (Lipinski definition) is 4. The summed E-state index contributed by atoms with van der Waals surface area (Å²) >= 11 is 3.14. The first kappa shape index (κ1) is 15.6. The highest BCUT2D eigenvalue weighted by Crippen LogP contribution is 2.23. The van der Waals surface area contributed by atoms with Gasteiger partial charge in [-0.1, -0.05) is 15.9 Å². The molecule has 0 bridgehead atoms. The van der Waals surface area contributed by atoms with Crippen LogP contribution in [0.5, 0.6) is 0 Å². The van der Waals surface area contributed by atoms with Crippen molar-refractivity contribution in [2.24, 2.45) is 0 Å². The minimum absolute atomic E-state index is 0.00449. The molecule has 0 saturated carbocycles. The summed E-state index contributed by atoms with van der Waals surface area (Å²) in [4.78, 5) is 21.6. The van der Waals surface area contributed by atoms with Crippen molar-refractivity contribution < 1.29 is 24.9 Å². The first-order valence-corrected chi connectivity index (χ1v) is 6.25. The highest BCUT2D eigenvalue weighted by molar-refractivity contribution is 9.10. The van der Waals surface area contributed by atoms with Gasteiger partial charge in [-0.05, 0) is 23.8 Å². The van der Waals surface area contributed by atoms with Crippen molar-refractivity contribution in [2.45, 2.75) is 19.1 Å². The summed E-state index contributed by atoms with van der Waals surface area (Å²) in [6.07, 6.45) is -2.51. The Morgan fingerprint density at radius 3 is 2.47 bits per heavy atom. The third-order valence-corrected chi connectivity index (χ3v) is 2.89. The molecule has 1 amide bonds. The van der Waals surface area contributed by atoms with Crippen LogP contribution >= 0.6 is 15.9 Å². The van der Waals surface area contributed by atoms with E-state index in [0.717, 1.165) is 0 Å². The fourth-order valence-electron chi connectivity index (χ4n) is 1.49. The van der Waals surface area contributed by atoms with Crippen molar-refractivity contribution in [1.29, 1.82) is 0 Å². The lowest BCUT2D eigenvalue weighted by molar-refractivity contribution is -0.119. The number of rotatable bonds is 5. The Balaban J connectivity index is 2.89. The van der Waals surface area contributed by atoms with Gasteiger partial charge in [0.15, 0.2) is 0 Å². The van der Waals surface area contributed by atoms with E-state index in [4.69, 9.17) is 5.11 Å². The van der Waals surface area contributed by atoms with Crippen LogP contribution in [-0.4, -0.2) is 39.8 Å². The van der Waals surface area contributed by atoms with Crippen molar-refractivity contribution in [3.63, 3.8) is 0 Å². The molecule has 6 nitrogen and oxygen atoms in total. The monoisotopic (exact) mass is 331 g/mol. The summed E-state index contributed by atoms with van der Waals surface area (Å²) in [5.74, 6) is -1.46. The highest BCUT2D eigenvalue weighted by Gasteiger charge is 2.20. The summed E-state index contributed by atoms with van der Waals surface area (Å²) < 4.78 is 0.480. The SMILES string of the molecule is CC(=O)NCC(O)C(O)c1cc(Br)cc(C(=O)O)c1. The van der Waals surface area contributed by atoms with E-state index in [9.17, 15) is 19.8 Å². The van der Waals surface area contributed by atoms with Gasteiger partial charge in [0, 0.05) is 17.9 Å². The number of carbonyl (C=O) groups is 2. The highest BCUT2D eigenvalue weighted by atomic mass is 79.9. The number of aliphatic hydroxyl groups excluding tert-OH is 2. The second-order valence-corrected chi connectivity index (χ2v) is 4.94. The number of hydrogen-bond acceptors (Lipinski definition) is 4. The Bertz CT molecular complexity index is 491. The van der Waals surface area contributed by atoms with Crippen LogP contribution in [0.2, 0.25) is 0 Å². The third kappa shape index (κ3) is 4.62. The molecule has 7 heteroatoms. The lowest BCUT2D eigenvalue weighted by atomic mass is 10.0. The quantitative estimate of drug-likeness (QED) is 0.634. The van der Waals surface area contributed by atoms with E-state index in [1.54, 1.807) is 0 Å². The standard InChI is InChI=1S/C12H14BrNO5/c1-6(15)14-5-10(16)11(17)7-2-8(12(18)19)4-9(13)3-7/h2-4,10-11,16-17H,5H2,1H3,(H,14,15)(H,18,19). The molecule has 0 radical (unpaired) electrons. The van der Waals surface area contributed by atoms with E-state index in [1.807, 2.05) is 0 Å². The molecule has 0 heterocycles. The van der Waals surface area contributed by atoms with Gasteiger partial charge >= 0.3 is 5.97 Å². The van der Waals surface area contributed by atoms with Crippen LogP contribution in [0, 0.1) is 0 Å².